The second-order valence-electron chi connectivity index (χ2n) is 6.27. The average Bonchev–Trinajstić information content (AvgIpc) is 3.22. The van der Waals surface area contributed by atoms with Crippen LogP contribution in [-0.4, -0.2) is 29.2 Å². The Bertz CT molecular complexity index is 345. The van der Waals surface area contributed by atoms with E-state index in [0.29, 0.717) is 19.4 Å². The minimum absolute atomic E-state index is 0.329. The van der Waals surface area contributed by atoms with E-state index in [2.05, 4.69) is 10.6 Å². The molecular formula is C15H26N2O3. The van der Waals surface area contributed by atoms with Crippen molar-refractivity contribution in [1.82, 2.24) is 10.6 Å². The predicted molar refractivity (Wildman–Crippen MR) is 76.6 cm³/mol. The Kier molecular flexibility index (Phi) is 5.26. The second-order valence-corrected chi connectivity index (χ2v) is 6.27. The lowest BCUT2D eigenvalue weighted by Gasteiger charge is -2.29. The van der Waals surface area contributed by atoms with Gasteiger partial charge in [-0.1, -0.05) is 38.5 Å². The van der Waals surface area contributed by atoms with Gasteiger partial charge in [-0.25, -0.2) is 9.59 Å². The third-order valence-corrected chi connectivity index (χ3v) is 4.49. The van der Waals surface area contributed by atoms with E-state index < -0.39 is 11.5 Å². The van der Waals surface area contributed by atoms with Crippen LogP contribution in [0.25, 0.3) is 0 Å². The van der Waals surface area contributed by atoms with Crippen LogP contribution in [0.15, 0.2) is 0 Å². The summed E-state index contributed by atoms with van der Waals surface area (Å²) in [5, 5.41) is 15.0. The molecule has 0 bridgehead atoms. The fourth-order valence-corrected chi connectivity index (χ4v) is 2.99. The predicted octanol–water partition coefficient (Wildman–Crippen LogP) is 2.65. The topological polar surface area (TPSA) is 78.4 Å². The van der Waals surface area contributed by atoms with Crippen molar-refractivity contribution in [3.05, 3.63) is 0 Å². The minimum Gasteiger partial charge on any atom is -0.480 e. The number of amides is 2. The Balaban J connectivity index is 1.76. The lowest BCUT2D eigenvalue weighted by Crippen LogP contribution is -2.57. The van der Waals surface area contributed by atoms with Crippen molar-refractivity contribution in [2.24, 2.45) is 5.92 Å². The smallest absolute Gasteiger partial charge is 0.329 e. The zero-order valence-electron chi connectivity index (χ0n) is 12.1. The molecule has 114 valence electrons. The molecule has 0 spiro atoms. The number of carboxylic acids is 1. The Morgan fingerprint density at radius 1 is 1.10 bits per heavy atom. The van der Waals surface area contributed by atoms with Gasteiger partial charge in [0.2, 0.25) is 0 Å². The van der Waals surface area contributed by atoms with Crippen LogP contribution in [0.5, 0.6) is 0 Å². The van der Waals surface area contributed by atoms with Crippen molar-refractivity contribution < 1.29 is 14.7 Å². The first-order chi connectivity index (χ1) is 9.62. The van der Waals surface area contributed by atoms with Gasteiger partial charge in [-0.2, -0.15) is 0 Å². The Hall–Kier alpha value is -1.26. The standard InChI is InChI=1S/C15H26N2O3/c18-13(19)15(9-3-1-2-4-10-15)17-14(20)16-11-5-6-12-7-8-12/h12H,1-11H2,(H,18,19)(H2,16,17,20). The van der Waals surface area contributed by atoms with Gasteiger partial charge in [-0.05, 0) is 31.6 Å². The van der Waals surface area contributed by atoms with Crippen LogP contribution < -0.4 is 10.6 Å². The Morgan fingerprint density at radius 2 is 1.75 bits per heavy atom. The van der Waals surface area contributed by atoms with E-state index in [1.807, 2.05) is 0 Å². The summed E-state index contributed by atoms with van der Waals surface area (Å²) in [6.07, 6.45) is 9.74. The van der Waals surface area contributed by atoms with E-state index in [9.17, 15) is 14.7 Å². The van der Waals surface area contributed by atoms with Crippen molar-refractivity contribution in [3.63, 3.8) is 0 Å². The molecule has 0 aromatic carbocycles. The maximum Gasteiger partial charge on any atom is 0.329 e. The van der Waals surface area contributed by atoms with Crippen molar-refractivity contribution in [1.29, 1.82) is 0 Å². The zero-order chi connectivity index (χ0) is 14.4. The molecule has 0 heterocycles. The van der Waals surface area contributed by atoms with Crippen molar-refractivity contribution in [2.75, 3.05) is 6.54 Å². The van der Waals surface area contributed by atoms with E-state index in [-0.39, 0.29) is 6.03 Å². The summed E-state index contributed by atoms with van der Waals surface area (Å²) in [5.41, 5.74) is -1.06. The molecule has 0 atom stereocenters. The lowest BCUT2D eigenvalue weighted by atomic mass is 9.90. The molecule has 0 aliphatic heterocycles. The third kappa shape index (κ3) is 4.39. The number of carbonyl (C=O) groups is 2. The van der Waals surface area contributed by atoms with E-state index in [1.165, 1.54) is 19.3 Å². The molecule has 0 unspecified atom stereocenters. The van der Waals surface area contributed by atoms with Gasteiger partial charge in [-0.15, -0.1) is 0 Å². The maximum atomic E-state index is 11.9. The largest absolute Gasteiger partial charge is 0.480 e. The first-order valence-electron chi connectivity index (χ1n) is 7.92. The molecule has 0 aromatic rings. The molecule has 2 rings (SSSR count). The number of urea groups is 1. The normalized spacial score (nSPS) is 21.8. The number of carboxylic acid groups (broad SMARTS) is 1. The van der Waals surface area contributed by atoms with E-state index in [1.54, 1.807) is 0 Å². The van der Waals surface area contributed by atoms with Crippen LogP contribution in [0.3, 0.4) is 0 Å². The van der Waals surface area contributed by atoms with Crippen LogP contribution >= 0.6 is 0 Å². The molecule has 20 heavy (non-hydrogen) atoms. The number of nitrogens with one attached hydrogen (secondary N) is 2. The minimum atomic E-state index is -1.06. The first-order valence-corrected chi connectivity index (χ1v) is 7.92. The second kappa shape index (κ2) is 6.95. The summed E-state index contributed by atoms with van der Waals surface area (Å²) in [4.78, 5) is 23.5. The average molecular weight is 282 g/mol. The molecule has 0 aromatic heterocycles. The Morgan fingerprint density at radius 3 is 2.30 bits per heavy atom. The Labute approximate surface area is 120 Å². The van der Waals surface area contributed by atoms with Crippen molar-refractivity contribution >= 4 is 12.0 Å². The first kappa shape index (κ1) is 15.1. The van der Waals surface area contributed by atoms with Gasteiger partial charge in [-0.3, -0.25) is 0 Å². The van der Waals surface area contributed by atoms with Crippen molar-refractivity contribution in [3.8, 4) is 0 Å². The van der Waals surface area contributed by atoms with E-state index >= 15 is 0 Å². The molecule has 0 saturated heterocycles. The molecule has 2 aliphatic carbocycles. The van der Waals surface area contributed by atoms with Gasteiger partial charge in [0.1, 0.15) is 5.54 Å². The summed E-state index contributed by atoms with van der Waals surface area (Å²) in [6.45, 7) is 0.637. The van der Waals surface area contributed by atoms with Gasteiger partial charge < -0.3 is 15.7 Å². The molecule has 5 heteroatoms. The summed E-state index contributed by atoms with van der Waals surface area (Å²) in [6, 6.07) is -0.329. The summed E-state index contributed by atoms with van der Waals surface area (Å²) in [5.74, 6) is -0.0281. The molecule has 5 nitrogen and oxygen atoms in total. The summed E-state index contributed by atoms with van der Waals surface area (Å²) in [7, 11) is 0. The highest BCUT2D eigenvalue weighted by Crippen LogP contribution is 2.33. The van der Waals surface area contributed by atoms with Crippen LogP contribution in [-0.2, 0) is 4.79 Å². The molecule has 2 fully saturated rings. The van der Waals surface area contributed by atoms with Crippen molar-refractivity contribution in [2.45, 2.75) is 69.7 Å². The SMILES string of the molecule is O=C(NCCCC1CC1)NC1(C(=O)O)CCCCCC1. The van der Waals surface area contributed by atoms with Crippen LogP contribution in [0.1, 0.15) is 64.2 Å². The van der Waals surface area contributed by atoms with Gasteiger partial charge in [0.15, 0.2) is 0 Å². The highest BCUT2D eigenvalue weighted by Gasteiger charge is 2.40. The van der Waals surface area contributed by atoms with Crippen LogP contribution in [0.2, 0.25) is 0 Å². The quantitative estimate of drug-likeness (QED) is 0.517. The lowest BCUT2D eigenvalue weighted by molar-refractivity contribution is -0.145. The number of aliphatic carboxylic acids is 1. The molecule has 2 aliphatic rings. The summed E-state index contributed by atoms with van der Waals surface area (Å²) < 4.78 is 0. The van der Waals surface area contributed by atoms with Crippen LogP contribution in [0, 0.1) is 5.92 Å². The number of rotatable bonds is 6. The van der Waals surface area contributed by atoms with Gasteiger partial charge >= 0.3 is 12.0 Å². The van der Waals surface area contributed by atoms with E-state index in [4.69, 9.17) is 0 Å². The van der Waals surface area contributed by atoms with Gasteiger partial charge in [0.05, 0.1) is 0 Å². The highest BCUT2D eigenvalue weighted by atomic mass is 16.4. The number of carbonyl (C=O) groups excluding carboxylic acids is 1. The van der Waals surface area contributed by atoms with Crippen LogP contribution in [0.4, 0.5) is 4.79 Å². The number of hydrogen-bond donors (Lipinski definition) is 3. The third-order valence-electron chi connectivity index (χ3n) is 4.49. The fraction of sp³-hybridized carbons (Fsp3) is 0.867. The van der Waals surface area contributed by atoms with Gasteiger partial charge in [0.25, 0.3) is 0 Å². The molecule has 0 radical (unpaired) electrons. The fourth-order valence-electron chi connectivity index (χ4n) is 2.99. The number of hydrogen-bond acceptors (Lipinski definition) is 2. The highest BCUT2D eigenvalue weighted by molar-refractivity contribution is 5.86. The molecule has 2 saturated carbocycles. The zero-order valence-corrected chi connectivity index (χ0v) is 12.1. The molecular weight excluding hydrogens is 256 g/mol. The summed E-state index contributed by atoms with van der Waals surface area (Å²) >= 11 is 0. The monoisotopic (exact) mass is 282 g/mol. The van der Waals surface area contributed by atoms with Gasteiger partial charge in [0, 0.05) is 6.54 Å². The maximum absolute atomic E-state index is 11.9. The molecule has 3 N–H and O–H groups in total. The molecule has 2 amide bonds. The van der Waals surface area contributed by atoms with E-state index in [0.717, 1.165) is 38.0 Å².